The molecule has 2 nitrogen and oxygen atoms in total. The second kappa shape index (κ2) is 6.91. The van der Waals surface area contributed by atoms with Gasteiger partial charge in [-0.1, -0.05) is 19.1 Å². The molecule has 0 heterocycles. The molecule has 2 atom stereocenters. The molecule has 0 aromatic heterocycles. The molecule has 0 spiro atoms. The van der Waals surface area contributed by atoms with E-state index < -0.39 is 11.7 Å². The highest BCUT2D eigenvalue weighted by molar-refractivity contribution is 5.27. The third-order valence-electron chi connectivity index (χ3n) is 3.05. The van der Waals surface area contributed by atoms with E-state index in [1.165, 1.54) is 12.1 Å². The summed E-state index contributed by atoms with van der Waals surface area (Å²) in [7, 11) is 1.59. The molecule has 0 bridgehead atoms. The molecule has 1 rings (SSSR count). The molecule has 2 unspecified atom stereocenters. The molecule has 108 valence electrons. The van der Waals surface area contributed by atoms with Gasteiger partial charge in [0, 0.05) is 7.11 Å². The summed E-state index contributed by atoms with van der Waals surface area (Å²) in [5, 5.41) is 3.29. The Balaban J connectivity index is 2.90. The molecule has 1 N–H and O–H groups in total. The van der Waals surface area contributed by atoms with Gasteiger partial charge < -0.3 is 10.1 Å². The van der Waals surface area contributed by atoms with Crippen LogP contribution in [0, 0.1) is 0 Å². The van der Waals surface area contributed by atoms with E-state index in [-0.39, 0.29) is 12.1 Å². The lowest BCUT2D eigenvalue weighted by Gasteiger charge is -2.25. The van der Waals surface area contributed by atoms with Gasteiger partial charge in [0.25, 0.3) is 0 Å². The van der Waals surface area contributed by atoms with Crippen molar-refractivity contribution in [1.82, 2.24) is 5.32 Å². The second-order valence-corrected chi connectivity index (χ2v) is 4.49. The van der Waals surface area contributed by atoms with E-state index in [1.807, 2.05) is 13.8 Å². The maximum Gasteiger partial charge on any atom is 0.416 e. The molecule has 0 radical (unpaired) electrons. The monoisotopic (exact) mass is 275 g/mol. The fourth-order valence-electron chi connectivity index (χ4n) is 1.87. The third-order valence-corrected chi connectivity index (χ3v) is 3.05. The molecule has 0 aliphatic rings. The summed E-state index contributed by atoms with van der Waals surface area (Å²) in [6.45, 7) is 4.72. The van der Waals surface area contributed by atoms with Crippen molar-refractivity contribution in [2.75, 3.05) is 13.7 Å². The van der Waals surface area contributed by atoms with E-state index in [1.54, 1.807) is 7.11 Å². The van der Waals surface area contributed by atoms with E-state index in [4.69, 9.17) is 4.74 Å². The second-order valence-electron chi connectivity index (χ2n) is 4.49. The van der Waals surface area contributed by atoms with Gasteiger partial charge >= 0.3 is 6.18 Å². The number of alkyl halides is 3. The van der Waals surface area contributed by atoms with Crippen LogP contribution in [-0.4, -0.2) is 19.8 Å². The molecule has 0 aliphatic heterocycles. The van der Waals surface area contributed by atoms with Gasteiger partial charge in [-0.05, 0) is 37.6 Å². The van der Waals surface area contributed by atoms with E-state index in [9.17, 15) is 13.2 Å². The maximum absolute atomic E-state index is 12.5. The summed E-state index contributed by atoms with van der Waals surface area (Å²) < 4.78 is 42.8. The van der Waals surface area contributed by atoms with Crippen molar-refractivity contribution in [2.45, 2.75) is 38.6 Å². The molecular formula is C14H20F3NO. The highest BCUT2D eigenvalue weighted by Crippen LogP contribution is 2.30. The third kappa shape index (κ3) is 4.51. The topological polar surface area (TPSA) is 21.3 Å². The van der Waals surface area contributed by atoms with Crippen molar-refractivity contribution in [3.05, 3.63) is 35.4 Å². The van der Waals surface area contributed by atoms with Crippen LogP contribution >= 0.6 is 0 Å². The van der Waals surface area contributed by atoms with E-state index >= 15 is 0 Å². The molecule has 0 saturated carbocycles. The Morgan fingerprint density at radius 2 is 1.79 bits per heavy atom. The van der Waals surface area contributed by atoms with Crippen LogP contribution in [0.25, 0.3) is 0 Å². The SMILES string of the molecule is CCCNC(c1ccc(C(F)(F)F)cc1)C(C)OC. The fraction of sp³-hybridized carbons (Fsp3) is 0.571. The highest BCUT2D eigenvalue weighted by atomic mass is 19.4. The van der Waals surface area contributed by atoms with Gasteiger partial charge in [0.2, 0.25) is 0 Å². The van der Waals surface area contributed by atoms with E-state index in [2.05, 4.69) is 5.32 Å². The largest absolute Gasteiger partial charge is 0.416 e. The number of rotatable bonds is 6. The predicted octanol–water partition coefficient (Wildman–Crippen LogP) is 3.78. The van der Waals surface area contributed by atoms with Gasteiger partial charge in [-0.25, -0.2) is 0 Å². The van der Waals surface area contributed by atoms with E-state index in [0.717, 1.165) is 30.7 Å². The summed E-state index contributed by atoms with van der Waals surface area (Å²) in [5.41, 5.74) is 0.173. The van der Waals surface area contributed by atoms with Gasteiger partial charge in [-0.15, -0.1) is 0 Å². The molecule has 5 heteroatoms. The number of benzene rings is 1. The first-order valence-corrected chi connectivity index (χ1v) is 6.33. The first-order chi connectivity index (χ1) is 8.90. The molecule has 0 aliphatic carbocycles. The Hall–Kier alpha value is -1.07. The summed E-state index contributed by atoms with van der Waals surface area (Å²) in [4.78, 5) is 0. The number of halogens is 3. The summed E-state index contributed by atoms with van der Waals surface area (Å²) in [6, 6.07) is 5.13. The summed E-state index contributed by atoms with van der Waals surface area (Å²) in [5.74, 6) is 0. The minimum absolute atomic E-state index is 0.104. The average molecular weight is 275 g/mol. The van der Waals surface area contributed by atoms with Gasteiger partial charge in [0.15, 0.2) is 0 Å². The minimum Gasteiger partial charge on any atom is -0.380 e. The number of nitrogens with one attached hydrogen (secondary N) is 1. The van der Waals surface area contributed by atoms with E-state index in [0.29, 0.717) is 0 Å². The van der Waals surface area contributed by atoms with Crippen molar-refractivity contribution in [3.63, 3.8) is 0 Å². The lowest BCUT2D eigenvalue weighted by molar-refractivity contribution is -0.137. The zero-order valence-corrected chi connectivity index (χ0v) is 11.4. The van der Waals surface area contributed by atoms with Crippen molar-refractivity contribution < 1.29 is 17.9 Å². The Morgan fingerprint density at radius 1 is 1.21 bits per heavy atom. The Kier molecular flexibility index (Phi) is 5.82. The molecular weight excluding hydrogens is 255 g/mol. The first-order valence-electron chi connectivity index (χ1n) is 6.33. The number of hydrogen-bond donors (Lipinski definition) is 1. The van der Waals surface area contributed by atoms with Crippen LogP contribution in [0.4, 0.5) is 13.2 Å². The van der Waals surface area contributed by atoms with Crippen molar-refractivity contribution in [1.29, 1.82) is 0 Å². The number of hydrogen-bond acceptors (Lipinski definition) is 2. The average Bonchev–Trinajstić information content (AvgIpc) is 2.38. The van der Waals surface area contributed by atoms with Crippen LogP contribution < -0.4 is 5.32 Å². The van der Waals surface area contributed by atoms with Crippen LogP contribution in [-0.2, 0) is 10.9 Å². The van der Waals surface area contributed by atoms with Gasteiger partial charge in [-0.2, -0.15) is 13.2 Å². The first kappa shape index (κ1) is 16.0. The minimum atomic E-state index is -4.29. The number of ether oxygens (including phenoxy) is 1. The Morgan fingerprint density at radius 3 is 2.21 bits per heavy atom. The predicted molar refractivity (Wildman–Crippen MR) is 68.9 cm³/mol. The molecule has 19 heavy (non-hydrogen) atoms. The maximum atomic E-state index is 12.5. The molecule has 0 saturated heterocycles. The Bertz CT molecular complexity index is 375. The molecule has 0 amide bonds. The van der Waals surface area contributed by atoms with Gasteiger partial charge in [0.1, 0.15) is 0 Å². The highest BCUT2D eigenvalue weighted by Gasteiger charge is 2.30. The Labute approximate surface area is 112 Å². The van der Waals surface area contributed by atoms with Crippen LogP contribution in [0.3, 0.4) is 0 Å². The van der Waals surface area contributed by atoms with Crippen LogP contribution in [0.15, 0.2) is 24.3 Å². The van der Waals surface area contributed by atoms with Gasteiger partial charge in [-0.3, -0.25) is 0 Å². The van der Waals surface area contributed by atoms with Crippen molar-refractivity contribution >= 4 is 0 Å². The number of methoxy groups -OCH3 is 1. The molecule has 1 aromatic carbocycles. The molecule has 0 fully saturated rings. The lowest BCUT2D eigenvalue weighted by atomic mass is 10.0. The standard InChI is InChI=1S/C14H20F3NO/c1-4-9-18-13(10(2)19-3)11-5-7-12(8-6-11)14(15,16)17/h5-8,10,13,18H,4,9H2,1-3H3. The zero-order valence-electron chi connectivity index (χ0n) is 11.4. The van der Waals surface area contributed by atoms with Gasteiger partial charge in [0.05, 0.1) is 17.7 Å². The smallest absolute Gasteiger partial charge is 0.380 e. The lowest BCUT2D eigenvalue weighted by Crippen LogP contribution is -2.32. The quantitative estimate of drug-likeness (QED) is 0.853. The summed E-state index contributed by atoms with van der Waals surface area (Å²) in [6.07, 6.45) is -3.45. The molecule has 1 aromatic rings. The van der Waals surface area contributed by atoms with Crippen LogP contribution in [0.1, 0.15) is 37.4 Å². The normalized spacial score (nSPS) is 15.3. The van der Waals surface area contributed by atoms with Crippen LogP contribution in [0.5, 0.6) is 0 Å². The zero-order chi connectivity index (χ0) is 14.5. The van der Waals surface area contributed by atoms with Crippen LogP contribution in [0.2, 0.25) is 0 Å². The van der Waals surface area contributed by atoms with Crippen molar-refractivity contribution in [2.24, 2.45) is 0 Å². The fourth-order valence-corrected chi connectivity index (χ4v) is 1.87. The summed E-state index contributed by atoms with van der Waals surface area (Å²) >= 11 is 0. The van der Waals surface area contributed by atoms with Crippen molar-refractivity contribution in [3.8, 4) is 0 Å².